The Hall–Kier alpha value is -0.160. The van der Waals surface area contributed by atoms with Crippen LogP contribution in [-0.2, 0) is 9.47 Å². The van der Waals surface area contributed by atoms with Gasteiger partial charge in [0.15, 0.2) is 0 Å². The van der Waals surface area contributed by atoms with Crippen molar-refractivity contribution >= 4 is 0 Å². The van der Waals surface area contributed by atoms with Gasteiger partial charge in [-0.25, -0.2) is 0 Å². The van der Waals surface area contributed by atoms with Gasteiger partial charge in [0.2, 0.25) is 0 Å². The minimum absolute atomic E-state index is 0.0784. The lowest BCUT2D eigenvalue weighted by atomic mass is 9.80. The van der Waals surface area contributed by atoms with Crippen molar-refractivity contribution < 1.29 is 9.47 Å². The van der Waals surface area contributed by atoms with E-state index < -0.39 is 0 Å². The van der Waals surface area contributed by atoms with Crippen LogP contribution in [0.1, 0.15) is 38.5 Å². The highest BCUT2D eigenvalue weighted by molar-refractivity contribution is 4.87. The molecule has 4 heteroatoms. The van der Waals surface area contributed by atoms with Crippen molar-refractivity contribution in [2.45, 2.75) is 50.2 Å². The molecule has 0 aliphatic heterocycles. The highest BCUT2D eigenvalue weighted by atomic mass is 16.5. The molecule has 1 saturated carbocycles. The standard InChI is InChI=1S/C13H28N2O2/c1-16-11-12(17-2)10-15-9-8-13(14)6-4-3-5-7-13/h12,15H,3-11,14H2,1-2H3. The first-order chi connectivity index (χ1) is 8.20. The molecule has 0 heterocycles. The summed E-state index contributed by atoms with van der Waals surface area (Å²) < 4.78 is 10.4. The second-order valence-corrected chi connectivity index (χ2v) is 5.19. The zero-order valence-corrected chi connectivity index (χ0v) is 11.3. The van der Waals surface area contributed by atoms with E-state index in [1.807, 2.05) is 0 Å². The molecule has 102 valence electrons. The Labute approximate surface area is 105 Å². The van der Waals surface area contributed by atoms with E-state index in [0.29, 0.717) is 6.61 Å². The first-order valence-corrected chi connectivity index (χ1v) is 6.71. The molecule has 1 fully saturated rings. The maximum Gasteiger partial charge on any atom is 0.0928 e. The summed E-state index contributed by atoms with van der Waals surface area (Å²) in [5.74, 6) is 0. The predicted octanol–water partition coefficient (Wildman–Crippen LogP) is 1.29. The van der Waals surface area contributed by atoms with Crippen molar-refractivity contribution in [3.63, 3.8) is 0 Å². The summed E-state index contributed by atoms with van der Waals surface area (Å²) in [5, 5.41) is 3.41. The number of hydrogen-bond acceptors (Lipinski definition) is 4. The Morgan fingerprint density at radius 3 is 2.53 bits per heavy atom. The average Bonchev–Trinajstić information content (AvgIpc) is 2.34. The topological polar surface area (TPSA) is 56.5 Å². The minimum Gasteiger partial charge on any atom is -0.382 e. The van der Waals surface area contributed by atoms with Crippen LogP contribution in [0, 0.1) is 0 Å². The van der Waals surface area contributed by atoms with Crippen molar-refractivity contribution in [3.05, 3.63) is 0 Å². The molecular formula is C13H28N2O2. The largest absolute Gasteiger partial charge is 0.382 e. The van der Waals surface area contributed by atoms with E-state index >= 15 is 0 Å². The van der Waals surface area contributed by atoms with Gasteiger partial charge in [-0.1, -0.05) is 19.3 Å². The molecule has 0 spiro atoms. The van der Waals surface area contributed by atoms with Gasteiger partial charge in [-0.2, -0.15) is 0 Å². The van der Waals surface area contributed by atoms with E-state index in [-0.39, 0.29) is 11.6 Å². The van der Waals surface area contributed by atoms with E-state index in [0.717, 1.165) is 19.5 Å². The highest BCUT2D eigenvalue weighted by Crippen LogP contribution is 2.28. The summed E-state index contributed by atoms with van der Waals surface area (Å²) in [4.78, 5) is 0. The third-order valence-corrected chi connectivity index (χ3v) is 3.71. The maximum atomic E-state index is 6.37. The number of ether oxygens (including phenoxy) is 2. The minimum atomic E-state index is 0.0784. The molecule has 1 rings (SSSR count). The van der Waals surface area contributed by atoms with Gasteiger partial charge >= 0.3 is 0 Å². The summed E-state index contributed by atoms with van der Waals surface area (Å²) in [7, 11) is 3.42. The van der Waals surface area contributed by atoms with Gasteiger partial charge in [0.05, 0.1) is 12.7 Å². The predicted molar refractivity (Wildman–Crippen MR) is 70.2 cm³/mol. The number of nitrogens with two attached hydrogens (primary N) is 1. The lowest BCUT2D eigenvalue weighted by Crippen LogP contribution is -2.44. The second kappa shape index (κ2) is 8.03. The van der Waals surface area contributed by atoms with Gasteiger partial charge in [-0.15, -0.1) is 0 Å². The Balaban J connectivity index is 2.09. The lowest BCUT2D eigenvalue weighted by molar-refractivity contribution is 0.0287. The molecule has 0 radical (unpaired) electrons. The zero-order chi connectivity index (χ0) is 12.6. The van der Waals surface area contributed by atoms with Gasteiger partial charge < -0.3 is 20.5 Å². The third-order valence-electron chi connectivity index (χ3n) is 3.71. The monoisotopic (exact) mass is 244 g/mol. The fourth-order valence-corrected chi connectivity index (χ4v) is 2.50. The van der Waals surface area contributed by atoms with Gasteiger partial charge in [0.1, 0.15) is 0 Å². The molecule has 0 aromatic carbocycles. The van der Waals surface area contributed by atoms with Crippen molar-refractivity contribution in [3.8, 4) is 0 Å². The van der Waals surface area contributed by atoms with Crippen molar-refractivity contribution in [2.75, 3.05) is 33.9 Å². The summed E-state index contributed by atoms with van der Waals surface area (Å²) in [6.07, 6.45) is 7.51. The number of hydrogen-bond donors (Lipinski definition) is 2. The summed E-state index contributed by atoms with van der Waals surface area (Å²) in [6.45, 7) is 2.44. The van der Waals surface area contributed by atoms with Crippen LogP contribution >= 0.6 is 0 Å². The molecular weight excluding hydrogens is 216 g/mol. The van der Waals surface area contributed by atoms with Crippen molar-refractivity contribution in [1.29, 1.82) is 0 Å². The van der Waals surface area contributed by atoms with Crippen LogP contribution in [0.2, 0.25) is 0 Å². The van der Waals surface area contributed by atoms with Crippen LogP contribution in [-0.4, -0.2) is 45.6 Å². The SMILES string of the molecule is COCC(CNCCC1(N)CCCCC1)OC. The van der Waals surface area contributed by atoms with Crippen LogP contribution in [0.4, 0.5) is 0 Å². The molecule has 0 aromatic heterocycles. The van der Waals surface area contributed by atoms with E-state index in [1.165, 1.54) is 32.1 Å². The maximum absolute atomic E-state index is 6.37. The molecule has 1 unspecified atom stereocenters. The molecule has 0 bridgehead atoms. The molecule has 1 aliphatic carbocycles. The summed E-state index contributed by atoms with van der Waals surface area (Å²) in [5.41, 5.74) is 6.45. The van der Waals surface area contributed by atoms with Crippen molar-refractivity contribution in [1.82, 2.24) is 5.32 Å². The van der Waals surface area contributed by atoms with Crippen LogP contribution in [0.15, 0.2) is 0 Å². The van der Waals surface area contributed by atoms with E-state index in [9.17, 15) is 0 Å². The molecule has 3 N–H and O–H groups in total. The zero-order valence-electron chi connectivity index (χ0n) is 11.3. The van der Waals surface area contributed by atoms with Crippen LogP contribution < -0.4 is 11.1 Å². The summed E-state index contributed by atoms with van der Waals surface area (Å²) in [6, 6.07) is 0. The number of nitrogens with one attached hydrogen (secondary N) is 1. The molecule has 1 aliphatic rings. The lowest BCUT2D eigenvalue weighted by Gasteiger charge is -2.33. The normalized spacial score (nSPS) is 21.4. The van der Waals surface area contributed by atoms with Gasteiger partial charge in [0, 0.05) is 26.3 Å². The average molecular weight is 244 g/mol. The van der Waals surface area contributed by atoms with E-state index in [4.69, 9.17) is 15.2 Å². The first-order valence-electron chi connectivity index (χ1n) is 6.71. The third kappa shape index (κ3) is 5.82. The Morgan fingerprint density at radius 1 is 1.24 bits per heavy atom. The molecule has 0 saturated heterocycles. The van der Waals surface area contributed by atoms with Crippen molar-refractivity contribution in [2.24, 2.45) is 5.73 Å². The molecule has 4 nitrogen and oxygen atoms in total. The number of methoxy groups -OCH3 is 2. The fourth-order valence-electron chi connectivity index (χ4n) is 2.50. The van der Waals surface area contributed by atoms with E-state index in [2.05, 4.69) is 5.32 Å². The molecule has 17 heavy (non-hydrogen) atoms. The molecule has 1 atom stereocenters. The van der Waals surface area contributed by atoms with Crippen LogP contribution in [0.5, 0.6) is 0 Å². The van der Waals surface area contributed by atoms with Crippen LogP contribution in [0.25, 0.3) is 0 Å². The molecule has 0 aromatic rings. The first kappa shape index (κ1) is 14.9. The number of rotatable bonds is 8. The quantitative estimate of drug-likeness (QED) is 0.632. The van der Waals surface area contributed by atoms with Gasteiger partial charge in [-0.3, -0.25) is 0 Å². The highest BCUT2D eigenvalue weighted by Gasteiger charge is 2.26. The van der Waals surface area contributed by atoms with Crippen LogP contribution in [0.3, 0.4) is 0 Å². The van der Waals surface area contributed by atoms with Gasteiger partial charge in [0.25, 0.3) is 0 Å². The Kier molecular flexibility index (Phi) is 7.04. The summed E-state index contributed by atoms with van der Waals surface area (Å²) >= 11 is 0. The van der Waals surface area contributed by atoms with E-state index in [1.54, 1.807) is 14.2 Å². The second-order valence-electron chi connectivity index (χ2n) is 5.19. The molecule has 0 amide bonds. The Bertz CT molecular complexity index is 194. The van der Waals surface area contributed by atoms with Gasteiger partial charge in [-0.05, 0) is 25.8 Å². The Morgan fingerprint density at radius 2 is 1.94 bits per heavy atom. The fraction of sp³-hybridized carbons (Fsp3) is 1.00. The smallest absolute Gasteiger partial charge is 0.0928 e.